The number of azo groups is 2. The quantitative estimate of drug-likeness (QED) is 0.761. The molecule has 0 spiro atoms. The first-order chi connectivity index (χ1) is 11.2. The van der Waals surface area contributed by atoms with Crippen molar-refractivity contribution in [3.63, 3.8) is 0 Å². The number of benzene rings is 2. The Bertz CT molecular complexity index is 773. The monoisotopic (exact) mass is 307 g/mol. The fraction of sp³-hybridized carbons (Fsp3) is 0.235. The molecule has 0 aromatic heterocycles. The van der Waals surface area contributed by atoms with Crippen LogP contribution in [0.25, 0.3) is 0 Å². The zero-order valence-electron chi connectivity index (χ0n) is 13.3. The highest BCUT2D eigenvalue weighted by Gasteiger charge is 2.14. The maximum absolute atomic E-state index is 5.24. The van der Waals surface area contributed by atoms with Gasteiger partial charge in [-0.1, -0.05) is 30.3 Å². The first-order valence-electron chi connectivity index (χ1n) is 7.27. The predicted molar refractivity (Wildman–Crippen MR) is 88.6 cm³/mol. The van der Waals surface area contributed by atoms with E-state index in [4.69, 9.17) is 4.74 Å². The van der Waals surface area contributed by atoms with E-state index in [0.29, 0.717) is 5.84 Å². The predicted octanol–water partition coefficient (Wildman–Crippen LogP) is 4.59. The van der Waals surface area contributed by atoms with E-state index in [0.717, 1.165) is 28.1 Å². The number of aliphatic imine (C=N–C) groups is 1. The Kier molecular flexibility index (Phi) is 4.23. The van der Waals surface area contributed by atoms with Crippen molar-refractivity contribution in [1.82, 2.24) is 0 Å². The number of hydrogen-bond acceptors (Lipinski definition) is 6. The normalized spacial score (nSPS) is 16.8. The Morgan fingerprint density at radius 2 is 1.74 bits per heavy atom. The van der Waals surface area contributed by atoms with Gasteiger partial charge >= 0.3 is 0 Å². The van der Waals surface area contributed by atoms with Crippen LogP contribution >= 0.6 is 0 Å². The molecule has 6 nitrogen and oxygen atoms in total. The molecule has 0 radical (unpaired) electrons. The first kappa shape index (κ1) is 15.0. The molecule has 0 saturated heterocycles. The molecule has 0 fully saturated rings. The molecule has 1 aliphatic heterocycles. The van der Waals surface area contributed by atoms with E-state index in [1.165, 1.54) is 0 Å². The van der Waals surface area contributed by atoms with Crippen LogP contribution in [0.3, 0.4) is 0 Å². The molecule has 3 rings (SSSR count). The van der Waals surface area contributed by atoms with Crippen LogP contribution in [-0.4, -0.2) is 19.2 Å². The second-order valence-electron chi connectivity index (χ2n) is 5.21. The molecule has 0 saturated carbocycles. The molecule has 1 aliphatic rings. The summed E-state index contributed by atoms with van der Waals surface area (Å²) in [6.07, 6.45) is -0.619. The molecular weight excluding hydrogens is 290 g/mol. The topological polar surface area (TPSA) is 71.0 Å². The van der Waals surface area contributed by atoms with Gasteiger partial charge in [-0.3, -0.25) is 0 Å². The van der Waals surface area contributed by atoms with Gasteiger partial charge in [0.05, 0.1) is 12.8 Å². The summed E-state index contributed by atoms with van der Waals surface area (Å²) in [5.41, 5.74) is 3.72. The van der Waals surface area contributed by atoms with Gasteiger partial charge in [0.15, 0.2) is 5.84 Å². The van der Waals surface area contributed by atoms with Crippen LogP contribution in [0, 0.1) is 13.8 Å². The van der Waals surface area contributed by atoms with Crippen molar-refractivity contribution >= 4 is 11.5 Å². The second kappa shape index (κ2) is 6.48. The van der Waals surface area contributed by atoms with Crippen LogP contribution in [0.4, 0.5) is 5.69 Å². The Morgan fingerprint density at radius 1 is 1.04 bits per heavy atom. The number of amidine groups is 1. The minimum Gasteiger partial charge on any atom is -0.497 e. The summed E-state index contributed by atoms with van der Waals surface area (Å²) in [5.74, 6) is 1.39. The molecule has 1 unspecified atom stereocenters. The lowest BCUT2D eigenvalue weighted by Crippen LogP contribution is -1.95. The van der Waals surface area contributed by atoms with Crippen molar-refractivity contribution in [1.29, 1.82) is 0 Å². The van der Waals surface area contributed by atoms with Crippen LogP contribution in [-0.2, 0) is 0 Å². The third kappa shape index (κ3) is 3.31. The van der Waals surface area contributed by atoms with Crippen LogP contribution in [0.5, 0.6) is 5.75 Å². The summed E-state index contributed by atoms with van der Waals surface area (Å²) in [6, 6.07) is 13.6. The number of hydrogen-bond donors (Lipinski definition) is 0. The fourth-order valence-corrected chi connectivity index (χ4v) is 2.34. The van der Waals surface area contributed by atoms with E-state index in [1.54, 1.807) is 7.11 Å². The third-order valence-electron chi connectivity index (χ3n) is 3.49. The fourth-order valence-electron chi connectivity index (χ4n) is 2.34. The minimum absolute atomic E-state index is 0.581. The lowest BCUT2D eigenvalue weighted by molar-refractivity contribution is 0.414. The first-order valence-corrected chi connectivity index (χ1v) is 7.27. The van der Waals surface area contributed by atoms with Gasteiger partial charge in [-0.05, 0) is 37.1 Å². The summed E-state index contributed by atoms with van der Waals surface area (Å²) >= 11 is 0. The van der Waals surface area contributed by atoms with Crippen molar-refractivity contribution in [2.75, 3.05) is 7.11 Å². The van der Waals surface area contributed by atoms with E-state index in [9.17, 15) is 0 Å². The highest BCUT2D eigenvalue weighted by atomic mass is 16.5. The third-order valence-corrected chi connectivity index (χ3v) is 3.49. The highest BCUT2D eigenvalue weighted by molar-refractivity contribution is 5.99. The number of ether oxygens (including phenoxy) is 1. The number of aryl methyl sites for hydroxylation is 2. The molecule has 0 amide bonds. The van der Waals surface area contributed by atoms with Crippen LogP contribution in [0.2, 0.25) is 0 Å². The minimum atomic E-state index is -0.619. The van der Waals surface area contributed by atoms with Crippen molar-refractivity contribution in [2.45, 2.75) is 20.1 Å². The van der Waals surface area contributed by atoms with E-state index in [2.05, 4.69) is 25.4 Å². The van der Waals surface area contributed by atoms with Gasteiger partial charge in [0, 0.05) is 5.56 Å². The smallest absolute Gasteiger partial charge is 0.273 e. The van der Waals surface area contributed by atoms with Crippen molar-refractivity contribution in [3.8, 4) is 5.75 Å². The van der Waals surface area contributed by atoms with Crippen LogP contribution in [0.15, 0.2) is 67.9 Å². The summed E-state index contributed by atoms with van der Waals surface area (Å²) < 4.78 is 5.24. The second-order valence-corrected chi connectivity index (χ2v) is 5.21. The zero-order valence-corrected chi connectivity index (χ0v) is 13.3. The average Bonchev–Trinajstić information content (AvgIpc) is 3.03. The van der Waals surface area contributed by atoms with Crippen LogP contribution < -0.4 is 4.74 Å². The molecule has 0 aliphatic carbocycles. The molecule has 1 atom stereocenters. The molecule has 1 heterocycles. The molecule has 0 bridgehead atoms. The van der Waals surface area contributed by atoms with E-state index >= 15 is 0 Å². The Morgan fingerprint density at radius 3 is 2.39 bits per heavy atom. The standard InChI is InChI=1S/C17H17N5O/c1-11-9-14(23-3)10-12(2)15(11)19-21-17-18-16(20-22-17)13-7-5-4-6-8-13/h4-10,17H,1-3H3. The zero-order chi connectivity index (χ0) is 16.2. The van der Waals surface area contributed by atoms with E-state index in [-0.39, 0.29) is 0 Å². The number of methoxy groups -OCH3 is 1. The molecule has 116 valence electrons. The molecule has 23 heavy (non-hydrogen) atoms. The lowest BCUT2D eigenvalue weighted by atomic mass is 10.1. The largest absolute Gasteiger partial charge is 0.497 e. The van der Waals surface area contributed by atoms with Gasteiger partial charge in [-0.2, -0.15) is 5.11 Å². The molecule has 2 aromatic carbocycles. The highest BCUT2D eigenvalue weighted by Crippen LogP contribution is 2.29. The molecular formula is C17H17N5O. The summed E-state index contributed by atoms with van der Waals surface area (Å²) in [7, 11) is 1.65. The van der Waals surface area contributed by atoms with Gasteiger partial charge in [0.1, 0.15) is 5.75 Å². The van der Waals surface area contributed by atoms with E-state index < -0.39 is 6.29 Å². The maximum atomic E-state index is 5.24. The van der Waals surface area contributed by atoms with Crippen molar-refractivity contribution in [2.24, 2.45) is 25.4 Å². The van der Waals surface area contributed by atoms with Gasteiger partial charge in [-0.15, -0.1) is 15.3 Å². The maximum Gasteiger partial charge on any atom is 0.273 e. The van der Waals surface area contributed by atoms with Crippen molar-refractivity contribution in [3.05, 3.63) is 59.2 Å². The summed E-state index contributed by atoms with van der Waals surface area (Å²) in [5, 5.41) is 16.6. The van der Waals surface area contributed by atoms with Crippen LogP contribution in [0.1, 0.15) is 16.7 Å². The Balaban J connectivity index is 1.80. The Labute approximate surface area is 134 Å². The SMILES string of the molecule is COc1cc(C)c(N=NC2N=NC(c3ccccc3)=N2)c(C)c1. The van der Waals surface area contributed by atoms with Gasteiger partial charge in [-0.25, -0.2) is 4.99 Å². The number of nitrogens with zero attached hydrogens (tertiary/aromatic N) is 5. The van der Waals surface area contributed by atoms with Gasteiger partial charge in [0.25, 0.3) is 6.29 Å². The molecule has 0 N–H and O–H groups in total. The average molecular weight is 307 g/mol. The van der Waals surface area contributed by atoms with E-state index in [1.807, 2.05) is 56.3 Å². The van der Waals surface area contributed by atoms with Gasteiger partial charge < -0.3 is 4.74 Å². The summed E-state index contributed by atoms with van der Waals surface area (Å²) in [6.45, 7) is 3.94. The number of rotatable bonds is 4. The molecule has 2 aromatic rings. The van der Waals surface area contributed by atoms with Crippen molar-refractivity contribution < 1.29 is 4.74 Å². The lowest BCUT2D eigenvalue weighted by Gasteiger charge is -2.07. The Hall–Kier alpha value is -2.89. The summed E-state index contributed by atoms with van der Waals surface area (Å²) in [4.78, 5) is 4.36. The van der Waals surface area contributed by atoms with Gasteiger partial charge in [0.2, 0.25) is 0 Å². The molecule has 6 heteroatoms.